The van der Waals surface area contributed by atoms with Crippen LogP contribution in [0.3, 0.4) is 0 Å². The van der Waals surface area contributed by atoms with Gasteiger partial charge in [-0.3, -0.25) is 19.4 Å². The summed E-state index contributed by atoms with van der Waals surface area (Å²) < 4.78 is 0. The second-order valence-electron chi connectivity index (χ2n) is 10.1. The Morgan fingerprint density at radius 2 is 1.60 bits per heavy atom. The maximum Gasteiger partial charge on any atom is 0.251 e. The minimum Gasteiger partial charge on any atom is -0.388 e. The lowest BCUT2D eigenvalue weighted by atomic mass is 9.94. The maximum atomic E-state index is 13.6. The first-order valence-electron chi connectivity index (χ1n) is 14.3. The predicted molar refractivity (Wildman–Crippen MR) is 170 cm³/mol. The van der Waals surface area contributed by atoms with Crippen LogP contribution in [-0.2, 0) is 16.0 Å². The molecule has 0 fully saturated rings. The molecule has 0 aliphatic heterocycles. The first-order chi connectivity index (χ1) is 20.2. The van der Waals surface area contributed by atoms with Crippen molar-refractivity contribution in [2.24, 2.45) is 4.99 Å². The number of unbranched alkanes of at least 4 members (excludes halogenated alkanes) is 1. The van der Waals surface area contributed by atoms with Gasteiger partial charge in [0.15, 0.2) is 0 Å². The summed E-state index contributed by atoms with van der Waals surface area (Å²) in [5, 5.41) is 30.8. The summed E-state index contributed by atoms with van der Waals surface area (Å²) in [5.74, 6) is -0.122. The fourth-order valence-electron chi connectivity index (χ4n) is 4.05. The van der Waals surface area contributed by atoms with E-state index in [1.165, 1.54) is 6.20 Å². The van der Waals surface area contributed by atoms with Crippen LogP contribution >= 0.6 is 11.8 Å². The lowest BCUT2D eigenvalue weighted by molar-refractivity contribution is -0.128. The number of thioether (sulfide) groups is 1. The molecule has 3 amide bonds. The Bertz CT molecular complexity index is 1180. The first-order valence-corrected chi connectivity index (χ1v) is 15.4. The molecule has 9 nitrogen and oxygen atoms in total. The Hall–Kier alpha value is -3.47. The zero-order valence-corrected chi connectivity index (χ0v) is 25.6. The minimum atomic E-state index is -1.43. The fourth-order valence-corrected chi connectivity index (χ4v) is 5.18. The molecule has 2 aromatic carbocycles. The topological polar surface area (TPSA) is 140 Å². The summed E-state index contributed by atoms with van der Waals surface area (Å²) in [5.41, 5.74) is 1.61. The van der Waals surface area contributed by atoms with E-state index in [0.29, 0.717) is 16.9 Å². The van der Waals surface area contributed by atoms with Gasteiger partial charge in [-0.2, -0.15) is 11.8 Å². The van der Waals surface area contributed by atoms with Crippen LogP contribution in [0.15, 0.2) is 77.4 Å². The average Bonchev–Trinajstić information content (AvgIpc) is 3.00. The molecule has 0 radical (unpaired) electrons. The molecule has 0 saturated carbocycles. The molecule has 0 heterocycles. The molecule has 10 heteroatoms. The fraction of sp³-hybridized carbons (Fsp3) is 0.438. The van der Waals surface area contributed by atoms with Gasteiger partial charge in [-0.25, -0.2) is 0 Å². The largest absolute Gasteiger partial charge is 0.388 e. The molecule has 0 saturated heterocycles. The summed E-state index contributed by atoms with van der Waals surface area (Å²) in [4.78, 5) is 43.0. The lowest BCUT2D eigenvalue weighted by Crippen LogP contribution is -2.59. The lowest BCUT2D eigenvalue weighted by Gasteiger charge is -2.32. The molecule has 0 unspecified atom stereocenters. The number of rotatable bonds is 17. The van der Waals surface area contributed by atoms with Crippen LogP contribution in [0.4, 0.5) is 0 Å². The molecule has 0 spiro atoms. The second-order valence-corrected chi connectivity index (χ2v) is 11.2. The molecule has 0 aliphatic rings. The predicted octanol–water partition coefficient (Wildman–Crippen LogP) is 3.27. The zero-order chi connectivity index (χ0) is 30.9. The van der Waals surface area contributed by atoms with Crippen LogP contribution in [0.2, 0.25) is 0 Å². The number of aliphatic hydroxyl groups excluding tert-OH is 2. The maximum absolute atomic E-state index is 13.6. The molecular formula is C32H44N4O5S. The van der Waals surface area contributed by atoms with Crippen molar-refractivity contribution in [1.29, 1.82) is 0 Å². The van der Waals surface area contributed by atoms with Crippen LogP contribution < -0.4 is 16.0 Å². The minimum absolute atomic E-state index is 0.220. The highest BCUT2D eigenvalue weighted by molar-refractivity contribution is 7.99. The number of aliphatic hydroxyl groups is 2. The molecule has 42 heavy (non-hydrogen) atoms. The summed E-state index contributed by atoms with van der Waals surface area (Å²) in [6.07, 6.45) is 2.38. The van der Waals surface area contributed by atoms with E-state index in [2.05, 4.69) is 27.9 Å². The van der Waals surface area contributed by atoms with Gasteiger partial charge in [0.2, 0.25) is 11.8 Å². The molecule has 2 rings (SSSR count). The van der Waals surface area contributed by atoms with E-state index in [1.54, 1.807) is 69.1 Å². The summed E-state index contributed by atoms with van der Waals surface area (Å²) in [6.45, 7) is 7.03. The van der Waals surface area contributed by atoms with Crippen molar-refractivity contribution in [2.75, 3.05) is 11.5 Å². The van der Waals surface area contributed by atoms with Crippen LogP contribution in [0.5, 0.6) is 0 Å². The normalized spacial score (nSPS) is 15.3. The van der Waals surface area contributed by atoms with Gasteiger partial charge in [-0.1, -0.05) is 61.9 Å². The highest BCUT2D eigenvalue weighted by Crippen LogP contribution is 2.14. The number of aliphatic imine (C=N–C) groups is 1. The number of hydrogen-bond donors (Lipinski definition) is 5. The van der Waals surface area contributed by atoms with Crippen molar-refractivity contribution in [1.82, 2.24) is 16.0 Å². The van der Waals surface area contributed by atoms with E-state index in [9.17, 15) is 24.6 Å². The number of hydrogen-bond acceptors (Lipinski definition) is 7. The van der Waals surface area contributed by atoms with Gasteiger partial charge in [-0.15, -0.1) is 0 Å². The number of benzene rings is 2. The molecule has 0 aromatic heterocycles. The third-order valence-electron chi connectivity index (χ3n) is 6.62. The molecule has 2 aromatic rings. The van der Waals surface area contributed by atoms with Crippen molar-refractivity contribution < 1.29 is 24.6 Å². The Labute approximate surface area is 253 Å². The summed E-state index contributed by atoms with van der Waals surface area (Å²) in [6, 6.07) is 15.2. The molecule has 0 bridgehead atoms. The smallest absolute Gasteiger partial charge is 0.251 e. The van der Waals surface area contributed by atoms with Gasteiger partial charge in [0.25, 0.3) is 5.91 Å². The number of nitrogens with one attached hydrogen (secondary N) is 3. The number of nitrogens with zero attached hydrogens (tertiary/aromatic N) is 1. The van der Waals surface area contributed by atoms with E-state index in [-0.39, 0.29) is 12.3 Å². The van der Waals surface area contributed by atoms with Crippen molar-refractivity contribution >= 4 is 35.7 Å². The number of carbonyl (C=O) groups excluding carboxylic acids is 3. The first kappa shape index (κ1) is 34.7. The Morgan fingerprint density at radius 3 is 2.21 bits per heavy atom. The molecule has 228 valence electrons. The zero-order valence-electron chi connectivity index (χ0n) is 24.8. The Morgan fingerprint density at radius 1 is 0.952 bits per heavy atom. The van der Waals surface area contributed by atoms with Crippen LogP contribution in [0, 0.1) is 0 Å². The van der Waals surface area contributed by atoms with E-state index in [0.717, 1.165) is 24.2 Å². The van der Waals surface area contributed by atoms with Gasteiger partial charge in [0, 0.05) is 29.3 Å². The van der Waals surface area contributed by atoms with Crippen LogP contribution in [-0.4, -0.2) is 76.0 Å². The van der Waals surface area contributed by atoms with Crippen molar-refractivity contribution in [3.8, 4) is 0 Å². The van der Waals surface area contributed by atoms with Crippen molar-refractivity contribution in [3.05, 3.63) is 83.6 Å². The third-order valence-corrected chi connectivity index (χ3v) is 7.77. The number of carbonyl (C=O) groups is 3. The average molecular weight is 597 g/mol. The van der Waals surface area contributed by atoms with Crippen LogP contribution in [0.25, 0.3) is 0 Å². The van der Waals surface area contributed by atoms with Crippen LogP contribution in [0.1, 0.15) is 56.5 Å². The monoisotopic (exact) mass is 596 g/mol. The quantitative estimate of drug-likeness (QED) is 0.108. The van der Waals surface area contributed by atoms with Gasteiger partial charge < -0.3 is 26.2 Å². The van der Waals surface area contributed by atoms with Gasteiger partial charge >= 0.3 is 0 Å². The van der Waals surface area contributed by atoms with Gasteiger partial charge in [0.1, 0.15) is 18.2 Å². The highest BCUT2D eigenvalue weighted by atomic mass is 32.2. The van der Waals surface area contributed by atoms with Crippen molar-refractivity contribution in [3.63, 3.8) is 0 Å². The van der Waals surface area contributed by atoms with Gasteiger partial charge in [0.05, 0.1) is 12.1 Å². The molecular weight excluding hydrogens is 552 g/mol. The number of amides is 3. The molecule has 5 atom stereocenters. The third kappa shape index (κ3) is 11.8. The second kappa shape index (κ2) is 18.9. The SMILES string of the molecule is CC=N/C=C(\C)C(=O)N[C@H](CSCCCC)C(=O)N[C@@H](Cc1ccccc1)[C@@H](O)[C@H](O)[C@@H](C)NC(=O)c1ccccc1. The summed E-state index contributed by atoms with van der Waals surface area (Å²) in [7, 11) is 0. The van der Waals surface area contributed by atoms with Crippen molar-refractivity contribution in [2.45, 2.75) is 77.3 Å². The standard InChI is InChI=1S/C32H44N4O5S/c1-5-7-18-42-21-27(36-30(39)22(3)20-33-6-2)32(41)35-26(19-24-14-10-8-11-15-24)29(38)28(37)23(4)34-31(40)25-16-12-9-13-17-25/h6,8-17,20,23,26-29,37-38H,5,7,18-19,21H2,1-4H3,(H,34,40)(H,35,41)(H,36,39)/b22-20+,33-6?/t23-,26+,27-,28-,29-/m1/s1. The molecule has 0 aliphatic carbocycles. The van der Waals surface area contributed by atoms with E-state index < -0.39 is 42.1 Å². The molecule has 5 N–H and O–H groups in total. The Kier molecular flexibility index (Phi) is 15.6. The highest BCUT2D eigenvalue weighted by Gasteiger charge is 2.34. The Balaban J connectivity index is 2.23. The van der Waals surface area contributed by atoms with Gasteiger partial charge in [-0.05, 0) is 57.1 Å². The van der Waals surface area contributed by atoms with E-state index in [1.807, 2.05) is 30.3 Å². The van der Waals surface area contributed by atoms with E-state index in [4.69, 9.17) is 0 Å². The summed E-state index contributed by atoms with van der Waals surface area (Å²) >= 11 is 1.56. The van der Waals surface area contributed by atoms with E-state index >= 15 is 0 Å².